The van der Waals surface area contributed by atoms with Crippen molar-refractivity contribution < 1.29 is 14.3 Å². The van der Waals surface area contributed by atoms with E-state index in [-0.39, 0.29) is 11.6 Å². The van der Waals surface area contributed by atoms with Gasteiger partial charge in [-0.05, 0) is 26.7 Å². The summed E-state index contributed by atoms with van der Waals surface area (Å²) in [6, 6.07) is 0. The minimum absolute atomic E-state index is 0.159. The SMILES string of the molecule is CCCCCCCC1(C)OC1(CCC)C(=O)OCC. The molecular formula is C16H30O3. The Kier molecular flexibility index (Phi) is 6.31. The summed E-state index contributed by atoms with van der Waals surface area (Å²) in [5.41, 5.74) is -0.940. The molecule has 0 amide bonds. The Morgan fingerprint density at radius 2 is 1.68 bits per heavy atom. The van der Waals surface area contributed by atoms with Gasteiger partial charge in [0.15, 0.2) is 5.60 Å². The first-order valence-electron chi connectivity index (χ1n) is 7.93. The Hall–Kier alpha value is -0.570. The number of hydrogen-bond donors (Lipinski definition) is 0. The maximum atomic E-state index is 12.1. The maximum Gasteiger partial charge on any atom is 0.341 e. The fourth-order valence-corrected chi connectivity index (χ4v) is 2.95. The molecule has 1 saturated heterocycles. The number of carbonyl (C=O) groups excluding carboxylic acids is 1. The van der Waals surface area contributed by atoms with Crippen LogP contribution in [-0.4, -0.2) is 23.8 Å². The second-order valence-electron chi connectivity index (χ2n) is 5.79. The average Bonchev–Trinajstić information content (AvgIpc) is 2.96. The van der Waals surface area contributed by atoms with E-state index < -0.39 is 5.60 Å². The van der Waals surface area contributed by atoms with E-state index in [4.69, 9.17) is 9.47 Å². The van der Waals surface area contributed by atoms with Crippen molar-refractivity contribution in [2.24, 2.45) is 0 Å². The molecule has 2 unspecified atom stereocenters. The summed E-state index contributed by atoms with van der Waals surface area (Å²) in [4.78, 5) is 12.1. The summed E-state index contributed by atoms with van der Waals surface area (Å²) in [6.45, 7) is 8.66. The molecule has 0 bridgehead atoms. The van der Waals surface area contributed by atoms with Crippen molar-refractivity contribution in [2.45, 2.75) is 90.3 Å². The molecule has 1 aliphatic heterocycles. The van der Waals surface area contributed by atoms with Crippen LogP contribution in [0, 0.1) is 0 Å². The molecule has 0 aliphatic carbocycles. The van der Waals surface area contributed by atoms with Crippen molar-refractivity contribution in [1.29, 1.82) is 0 Å². The average molecular weight is 270 g/mol. The molecule has 0 aromatic heterocycles. The lowest BCUT2D eigenvalue weighted by molar-refractivity contribution is -0.149. The monoisotopic (exact) mass is 270 g/mol. The first-order chi connectivity index (χ1) is 9.06. The van der Waals surface area contributed by atoms with Crippen LogP contribution in [0.3, 0.4) is 0 Å². The number of hydrogen-bond acceptors (Lipinski definition) is 3. The van der Waals surface area contributed by atoms with Crippen LogP contribution in [0.4, 0.5) is 0 Å². The van der Waals surface area contributed by atoms with Gasteiger partial charge < -0.3 is 9.47 Å². The van der Waals surface area contributed by atoms with Gasteiger partial charge in [-0.1, -0.05) is 52.4 Å². The van der Waals surface area contributed by atoms with E-state index in [0.29, 0.717) is 6.61 Å². The zero-order chi connectivity index (χ0) is 14.4. The van der Waals surface area contributed by atoms with E-state index in [0.717, 1.165) is 25.7 Å². The van der Waals surface area contributed by atoms with Crippen LogP contribution < -0.4 is 0 Å². The van der Waals surface area contributed by atoms with Crippen molar-refractivity contribution in [1.82, 2.24) is 0 Å². The lowest BCUT2D eigenvalue weighted by atomic mass is 9.86. The Balaban J connectivity index is 2.45. The van der Waals surface area contributed by atoms with Crippen LogP contribution in [0.2, 0.25) is 0 Å². The molecule has 0 spiro atoms. The molecule has 0 saturated carbocycles. The first-order valence-corrected chi connectivity index (χ1v) is 7.93. The standard InChI is InChI=1S/C16H30O3/c1-5-8-9-10-11-13-15(4)16(19-15,12-6-2)14(17)18-7-3/h5-13H2,1-4H3. The second kappa shape index (κ2) is 7.28. The number of ether oxygens (including phenoxy) is 2. The van der Waals surface area contributed by atoms with E-state index in [1.807, 2.05) is 6.92 Å². The van der Waals surface area contributed by atoms with Gasteiger partial charge in [0.25, 0.3) is 0 Å². The highest BCUT2D eigenvalue weighted by molar-refractivity contribution is 5.84. The molecule has 1 heterocycles. The Morgan fingerprint density at radius 1 is 1.00 bits per heavy atom. The Morgan fingerprint density at radius 3 is 2.26 bits per heavy atom. The lowest BCUT2D eigenvalue weighted by Crippen LogP contribution is -2.34. The molecule has 0 N–H and O–H groups in total. The van der Waals surface area contributed by atoms with Crippen molar-refractivity contribution in [2.75, 3.05) is 6.61 Å². The van der Waals surface area contributed by atoms with Gasteiger partial charge in [0.2, 0.25) is 0 Å². The molecule has 0 radical (unpaired) electrons. The van der Waals surface area contributed by atoms with Crippen molar-refractivity contribution in [3.8, 4) is 0 Å². The van der Waals surface area contributed by atoms with Gasteiger partial charge >= 0.3 is 5.97 Å². The lowest BCUT2D eigenvalue weighted by Gasteiger charge is -2.15. The fourth-order valence-electron chi connectivity index (χ4n) is 2.95. The van der Waals surface area contributed by atoms with Gasteiger partial charge in [-0.3, -0.25) is 0 Å². The molecule has 1 fully saturated rings. The molecule has 112 valence electrons. The topological polar surface area (TPSA) is 38.8 Å². The normalized spacial score (nSPS) is 29.3. The second-order valence-corrected chi connectivity index (χ2v) is 5.79. The third kappa shape index (κ3) is 3.71. The minimum atomic E-state index is -0.650. The molecule has 0 aromatic carbocycles. The van der Waals surface area contributed by atoms with Gasteiger partial charge in [-0.15, -0.1) is 0 Å². The number of rotatable bonds is 10. The van der Waals surface area contributed by atoms with E-state index in [2.05, 4.69) is 20.8 Å². The van der Waals surface area contributed by atoms with Crippen molar-refractivity contribution in [3.05, 3.63) is 0 Å². The van der Waals surface area contributed by atoms with Crippen molar-refractivity contribution >= 4 is 5.97 Å². The third-order valence-electron chi connectivity index (χ3n) is 4.18. The van der Waals surface area contributed by atoms with Gasteiger partial charge in [0.05, 0.1) is 6.61 Å². The summed E-state index contributed by atoms with van der Waals surface area (Å²) < 4.78 is 11.1. The Labute approximate surface area is 118 Å². The van der Waals surface area contributed by atoms with Crippen LogP contribution in [0.1, 0.15) is 79.1 Å². The summed E-state index contributed by atoms with van der Waals surface area (Å²) in [7, 11) is 0. The van der Waals surface area contributed by atoms with Crippen LogP contribution in [0.5, 0.6) is 0 Å². The van der Waals surface area contributed by atoms with Crippen molar-refractivity contribution in [3.63, 3.8) is 0 Å². The Bertz CT molecular complexity index is 290. The predicted octanol–water partition coefficient (Wildman–Crippen LogP) is 4.24. The summed E-state index contributed by atoms with van der Waals surface area (Å²) in [6.07, 6.45) is 8.91. The summed E-state index contributed by atoms with van der Waals surface area (Å²) >= 11 is 0. The molecule has 0 aromatic rings. The smallest absolute Gasteiger partial charge is 0.341 e. The summed E-state index contributed by atoms with van der Waals surface area (Å²) in [5.74, 6) is -0.159. The van der Waals surface area contributed by atoms with Crippen LogP contribution >= 0.6 is 0 Å². The molecule has 2 atom stereocenters. The highest BCUT2D eigenvalue weighted by Gasteiger charge is 2.71. The van der Waals surface area contributed by atoms with Crippen LogP contribution in [0.15, 0.2) is 0 Å². The van der Waals surface area contributed by atoms with Gasteiger partial charge in [0.1, 0.15) is 5.60 Å². The zero-order valence-electron chi connectivity index (χ0n) is 13.1. The van der Waals surface area contributed by atoms with Gasteiger partial charge in [-0.25, -0.2) is 4.79 Å². The van der Waals surface area contributed by atoms with E-state index in [9.17, 15) is 4.79 Å². The maximum absolute atomic E-state index is 12.1. The molecule has 1 rings (SSSR count). The molecule has 3 heteroatoms. The van der Waals surface area contributed by atoms with Crippen LogP contribution in [0.25, 0.3) is 0 Å². The number of unbranched alkanes of at least 4 members (excludes halogenated alkanes) is 4. The van der Waals surface area contributed by atoms with Gasteiger partial charge in [-0.2, -0.15) is 0 Å². The minimum Gasteiger partial charge on any atom is -0.464 e. The van der Waals surface area contributed by atoms with E-state index in [1.54, 1.807) is 0 Å². The number of carbonyl (C=O) groups is 1. The molecule has 3 nitrogen and oxygen atoms in total. The highest BCUT2D eigenvalue weighted by atomic mass is 16.7. The molecular weight excluding hydrogens is 240 g/mol. The third-order valence-corrected chi connectivity index (χ3v) is 4.18. The zero-order valence-corrected chi connectivity index (χ0v) is 13.1. The van der Waals surface area contributed by atoms with Gasteiger partial charge in [0, 0.05) is 0 Å². The molecule has 1 aliphatic rings. The highest BCUT2D eigenvalue weighted by Crippen LogP contribution is 2.54. The number of esters is 1. The quantitative estimate of drug-likeness (QED) is 0.338. The fraction of sp³-hybridized carbons (Fsp3) is 0.938. The largest absolute Gasteiger partial charge is 0.464 e. The predicted molar refractivity (Wildman–Crippen MR) is 77.1 cm³/mol. The van der Waals surface area contributed by atoms with E-state index >= 15 is 0 Å². The number of epoxide rings is 1. The van der Waals surface area contributed by atoms with E-state index in [1.165, 1.54) is 25.7 Å². The van der Waals surface area contributed by atoms with Crippen LogP contribution in [-0.2, 0) is 14.3 Å². The molecule has 19 heavy (non-hydrogen) atoms. The first kappa shape index (κ1) is 16.5. The summed E-state index contributed by atoms with van der Waals surface area (Å²) in [5, 5.41) is 0.